The fourth-order valence-corrected chi connectivity index (χ4v) is 3.15. The summed E-state index contributed by atoms with van der Waals surface area (Å²) < 4.78 is 0.868. The first-order valence-corrected chi connectivity index (χ1v) is 8.54. The molecule has 0 amide bonds. The Morgan fingerprint density at radius 2 is 1.74 bits per heavy atom. The number of nitrogens with zero attached hydrogens (tertiary/aromatic N) is 6. The van der Waals surface area contributed by atoms with Crippen LogP contribution in [-0.2, 0) is 0 Å². The molecule has 0 spiro atoms. The zero-order valence-corrected chi connectivity index (χ0v) is 15.8. The maximum Gasteiger partial charge on any atom is 0.245 e. The minimum absolute atomic E-state index is 0.00153. The molecule has 2 aliphatic rings. The summed E-state index contributed by atoms with van der Waals surface area (Å²) >= 11 is 0. The van der Waals surface area contributed by atoms with Crippen molar-refractivity contribution in [2.45, 2.75) is 12.5 Å². The van der Waals surface area contributed by atoms with Gasteiger partial charge in [-0.15, -0.1) is 0 Å². The predicted molar refractivity (Wildman–Crippen MR) is 110 cm³/mol. The van der Waals surface area contributed by atoms with Crippen molar-refractivity contribution in [3.05, 3.63) is 6.07 Å². The van der Waals surface area contributed by atoms with Gasteiger partial charge in [0.2, 0.25) is 5.96 Å². The van der Waals surface area contributed by atoms with Gasteiger partial charge < -0.3 is 32.3 Å². The molecule has 1 aromatic heterocycles. The van der Waals surface area contributed by atoms with E-state index in [9.17, 15) is 0 Å². The van der Waals surface area contributed by atoms with Gasteiger partial charge in [0, 0.05) is 13.0 Å². The summed E-state index contributed by atoms with van der Waals surface area (Å²) in [5.41, 5.74) is 24.8. The topological polar surface area (TPSA) is 181 Å². The number of aromatic nitrogens is 1. The number of quaternary nitrogens is 1. The number of nitrogens with two attached hydrogens (primary N) is 4. The Balaban J connectivity index is 1.97. The van der Waals surface area contributed by atoms with Crippen LogP contribution in [0.4, 0.5) is 23.0 Å². The number of nitrogens with one attached hydrogen (secondary N) is 1. The first-order chi connectivity index (χ1) is 12.6. The molecule has 9 N–H and O–H groups in total. The van der Waals surface area contributed by atoms with Crippen LogP contribution in [-0.4, -0.2) is 73.1 Å². The van der Waals surface area contributed by atoms with Crippen molar-refractivity contribution in [2.75, 3.05) is 50.6 Å². The van der Waals surface area contributed by atoms with Gasteiger partial charge in [-0.2, -0.15) is 9.98 Å². The van der Waals surface area contributed by atoms with E-state index in [1.807, 2.05) is 0 Å². The molecule has 0 bridgehead atoms. The fraction of sp³-hybridized carbons (Fsp3) is 0.438. The van der Waals surface area contributed by atoms with E-state index in [1.54, 1.807) is 6.07 Å². The summed E-state index contributed by atoms with van der Waals surface area (Å²) in [6.45, 7) is 1.69. The second kappa shape index (κ2) is 6.50. The molecule has 1 unspecified atom stereocenters. The third-order valence-electron chi connectivity index (χ3n) is 4.75. The van der Waals surface area contributed by atoms with E-state index >= 15 is 0 Å². The lowest BCUT2D eigenvalue weighted by Crippen LogP contribution is -2.46. The van der Waals surface area contributed by atoms with Crippen LogP contribution < -0.4 is 27.8 Å². The smallest absolute Gasteiger partial charge is 0.245 e. The van der Waals surface area contributed by atoms with Gasteiger partial charge in [-0.1, -0.05) is 0 Å². The zero-order chi connectivity index (χ0) is 19.9. The van der Waals surface area contributed by atoms with Gasteiger partial charge in [0.1, 0.15) is 11.8 Å². The highest BCUT2D eigenvalue weighted by Gasteiger charge is 2.34. The van der Waals surface area contributed by atoms with E-state index in [2.05, 4.69) is 46.0 Å². The second-order valence-corrected chi connectivity index (χ2v) is 7.60. The van der Waals surface area contributed by atoms with Gasteiger partial charge in [-0.25, -0.2) is 9.98 Å². The molecule has 0 aliphatic carbocycles. The monoisotopic (exact) mass is 372 g/mol. The molecule has 0 saturated carbocycles. The second-order valence-electron chi connectivity index (χ2n) is 7.60. The lowest BCUT2D eigenvalue weighted by Gasteiger charge is -2.31. The van der Waals surface area contributed by atoms with Crippen LogP contribution in [0.2, 0.25) is 0 Å². The van der Waals surface area contributed by atoms with Gasteiger partial charge in [-0.3, -0.25) is 5.41 Å². The van der Waals surface area contributed by atoms with Gasteiger partial charge in [0.15, 0.2) is 23.3 Å². The predicted octanol–water partition coefficient (Wildman–Crippen LogP) is -0.734. The molecule has 11 heteroatoms. The maximum absolute atomic E-state index is 7.45. The number of likely N-dealkylation sites (N-methyl/N-ethyl adjacent to an activating group) is 1. The van der Waals surface area contributed by atoms with E-state index < -0.39 is 0 Å². The molecule has 2 aliphatic heterocycles. The first-order valence-electron chi connectivity index (χ1n) is 8.54. The number of aliphatic imine (C=N–C) groups is 3. The van der Waals surface area contributed by atoms with Crippen molar-refractivity contribution in [3.63, 3.8) is 0 Å². The highest BCUT2D eigenvalue weighted by Crippen LogP contribution is 2.33. The summed E-state index contributed by atoms with van der Waals surface area (Å²) in [6.07, 6.45) is 1.04. The SMILES string of the molecule is C[N+](C)(C)C1CCN(c2nc(N=C3C(N)=NC(=N)N=C3N)c(N)cc2N)C1. The highest BCUT2D eigenvalue weighted by atomic mass is 15.4. The summed E-state index contributed by atoms with van der Waals surface area (Å²) in [5, 5.41) is 7.45. The Labute approximate surface area is 157 Å². The van der Waals surface area contributed by atoms with Gasteiger partial charge in [0.05, 0.1) is 39.1 Å². The number of rotatable bonds is 3. The van der Waals surface area contributed by atoms with Crippen LogP contribution in [0.15, 0.2) is 21.0 Å². The molecule has 1 fully saturated rings. The van der Waals surface area contributed by atoms with Crippen molar-refractivity contribution < 1.29 is 4.48 Å². The largest absolute Gasteiger partial charge is 0.396 e. The van der Waals surface area contributed by atoms with Crippen molar-refractivity contribution >= 4 is 46.4 Å². The summed E-state index contributed by atoms with van der Waals surface area (Å²) in [4.78, 5) is 18.6. The minimum atomic E-state index is -0.272. The van der Waals surface area contributed by atoms with Crippen molar-refractivity contribution in [1.29, 1.82) is 5.41 Å². The van der Waals surface area contributed by atoms with E-state index in [0.717, 1.165) is 24.0 Å². The molecule has 1 atom stereocenters. The minimum Gasteiger partial charge on any atom is -0.396 e. The number of pyridine rings is 1. The highest BCUT2D eigenvalue weighted by molar-refractivity contribution is 6.69. The van der Waals surface area contributed by atoms with Crippen molar-refractivity contribution in [1.82, 2.24) is 4.98 Å². The Morgan fingerprint density at radius 1 is 1.11 bits per heavy atom. The third-order valence-corrected chi connectivity index (χ3v) is 4.75. The Hall–Kier alpha value is -3.21. The molecular weight excluding hydrogens is 346 g/mol. The van der Waals surface area contributed by atoms with Crippen LogP contribution >= 0.6 is 0 Å². The lowest BCUT2D eigenvalue weighted by molar-refractivity contribution is -0.893. The molecule has 0 radical (unpaired) electrons. The summed E-state index contributed by atoms with van der Waals surface area (Å²) in [5.74, 6) is 0.602. The zero-order valence-electron chi connectivity index (χ0n) is 15.8. The number of amidine groups is 2. The van der Waals surface area contributed by atoms with E-state index in [4.69, 9.17) is 28.3 Å². The number of anilines is 3. The Morgan fingerprint density at radius 3 is 2.30 bits per heavy atom. The molecule has 0 aromatic carbocycles. The average Bonchev–Trinajstić information content (AvgIpc) is 3.02. The summed E-state index contributed by atoms with van der Waals surface area (Å²) in [6, 6.07) is 2.11. The third kappa shape index (κ3) is 3.67. The Bertz CT molecular complexity index is 851. The van der Waals surface area contributed by atoms with E-state index in [0.29, 0.717) is 23.2 Å². The molecule has 1 saturated heterocycles. The van der Waals surface area contributed by atoms with Crippen molar-refractivity contribution in [3.8, 4) is 0 Å². The van der Waals surface area contributed by atoms with Gasteiger partial charge in [0.25, 0.3) is 0 Å². The van der Waals surface area contributed by atoms with Gasteiger partial charge in [-0.05, 0) is 6.07 Å². The van der Waals surface area contributed by atoms with Crippen LogP contribution in [0.25, 0.3) is 0 Å². The number of hydrogen-bond acceptors (Lipinski definition) is 8. The first kappa shape index (κ1) is 18.6. The number of nitrogen functional groups attached to an aromatic ring is 2. The Kier molecular flexibility index (Phi) is 4.47. The summed E-state index contributed by atoms with van der Waals surface area (Å²) in [7, 11) is 6.53. The van der Waals surface area contributed by atoms with E-state index in [-0.39, 0.29) is 29.2 Å². The van der Waals surface area contributed by atoms with Crippen LogP contribution in [0.3, 0.4) is 0 Å². The number of guanidine groups is 1. The van der Waals surface area contributed by atoms with Crippen LogP contribution in [0, 0.1) is 5.41 Å². The molecule has 1 aromatic rings. The fourth-order valence-electron chi connectivity index (χ4n) is 3.15. The quantitative estimate of drug-likeness (QED) is 0.436. The van der Waals surface area contributed by atoms with Crippen LogP contribution in [0.5, 0.6) is 0 Å². The maximum atomic E-state index is 7.45. The molecule has 11 nitrogen and oxygen atoms in total. The standard InChI is InChI=1S/C16H26N11/c1-27(2,3)8-4-5-26(7-8)15-10(18)6-9(17)14(25-15)22-11-12(19)23-16(21)24-13(11)20/h6,8H,4-5,7,17-18H2,1-3H3,(H5,19,20,21,23,24)/q+1. The number of hydrogen-bond donors (Lipinski definition) is 5. The molecule has 144 valence electrons. The normalized spacial score (nSPS) is 20.6. The van der Waals surface area contributed by atoms with Crippen LogP contribution in [0.1, 0.15) is 6.42 Å². The molecular formula is C16H26N11+. The lowest BCUT2D eigenvalue weighted by atomic mass is 10.2. The molecule has 27 heavy (non-hydrogen) atoms. The molecule has 3 heterocycles. The van der Waals surface area contributed by atoms with E-state index in [1.165, 1.54) is 0 Å². The van der Waals surface area contributed by atoms with Crippen molar-refractivity contribution in [2.24, 2.45) is 26.4 Å². The molecule has 3 rings (SSSR count). The van der Waals surface area contributed by atoms with Gasteiger partial charge >= 0.3 is 0 Å². The average molecular weight is 372 g/mol.